The van der Waals surface area contributed by atoms with Crippen LogP contribution in [0.1, 0.15) is 120 Å². The molecule has 1 N–H and O–H groups in total. The summed E-state index contributed by atoms with van der Waals surface area (Å²) in [6, 6.07) is 13.8. The summed E-state index contributed by atoms with van der Waals surface area (Å²) in [4.78, 5) is 24.8. The Morgan fingerprint density at radius 3 is 2.15 bits per heavy atom. The SMILES string of the molecule is C=C/C(=C\N=CC)c1ccc(/C(=C/c2cnc(C)nc2C)C(C)=O)c(O)c1.CC.CCC.CCCOC(CC)c1ccc(C)cc1. The molecule has 0 radical (unpaired) electrons. The Balaban J connectivity index is 0.000000891. The van der Waals surface area contributed by atoms with Crippen LogP contribution in [0.15, 0.2) is 72.5 Å². The first-order chi connectivity index (χ1) is 22.1. The van der Waals surface area contributed by atoms with Crippen molar-refractivity contribution in [2.24, 2.45) is 4.99 Å². The van der Waals surface area contributed by atoms with Crippen LogP contribution in [-0.4, -0.2) is 33.7 Å². The summed E-state index contributed by atoms with van der Waals surface area (Å²) in [5, 5.41) is 10.5. The number of aromatic hydroxyl groups is 1. The normalized spacial score (nSPS) is 11.7. The molecule has 0 aliphatic rings. The summed E-state index contributed by atoms with van der Waals surface area (Å²) in [5.41, 5.74) is 6.48. The van der Waals surface area contributed by atoms with Crippen LogP contribution in [0.2, 0.25) is 0 Å². The maximum absolute atomic E-state index is 12.2. The predicted octanol–water partition coefficient (Wildman–Crippen LogP) is 10.9. The molecule has 3 aromatic rings. The van der Waals surface area contributed by atoms with Crippen molar-refractivity contribution in [3.8, 4) is 5.75 Å². The molecule has 2 aromatic carbocycles. The second kappa shape index (κ2) is 24.1. The van der Waals surface area contributed by atoms with Gasteiger partial charge in [-0.05, 0) is 82.4 Å². The van der Waals surface area contributed by atoms with Crippen molar-refractivity contribution in [1.29, 1.82) is 0 Å². The van der Waals surface area contributed by atoms with E-state index in [-0.39, 0.29) is 17.6 Å². The molecule has 6 nitrogen and oxygen atoms in total. The van der Waals surface area contributed by atoms with Gasteiger partial charge in [0, 0.05) is 47.6 Å². The van der Waals surface area contributed by atoms with E-state index in [1.54, 1.807) is 42.9 Å². The highest BCUT2D eigenvalue weighted by Crippen LogP contribution is 2.31. The van der Waals surface area contributed by atoms with Crippen molar-refractivity contribution in [3.05, 3.63) is 107 Å². The monoisotopic (exact) mass is 627 g/mol. The molecule has 0 saturated carbocycles. The number of Topliss-reactive ketones (excluding diaryl/α,β-unsaturated/α-hetero) is 1. The third-order valence-electron chi connectivity index (χ3n) is 6.36. The van der Waals surface area contributed by atoms with E-state index in [9.17, 15) is 9.90 Å². The Labute approximate surface area is 279 Å². The number of ketones is 1. The fourth-order valence-corrected chi connectivity index (χ4v) is 4.09. The van der Waals surface area contributed by atoms with E-state index in [4.69, 9.17) is 4.74 Å². The van der Waals surface area contributed by atoms with E-state index in [1.807, 2.05) is 40.7 Å². The second-order valence-electron chi connectivity index (χ2n) is 10.4. The number of allylic oxidation sites excluding steroid dienone is 3. The number of aryl methyl sites for hydroxylation is 3. The topological polar surface area (TPSA) is 84.7 Å². The zero-order valence-electron chi connectivity index (χ0n) is 30.1. The second-order valence-corrected chi connectivity index (χ2v) is 10.4. The average molecular weight is 628 g/mol. The van der Waals surface area contributed by atoms with Gasteiger partial charge in [0.15, 0.2) is 5.78 Å². The Bertz CT molecular complexity index is 1420. The Kier molecular flexibility index (Phi) is 21.9. The molecule has 6 heteroatoms. The lowest BCUT2D eigenvalue weighted by molar-refractivity contribution is -0.111. The highest BCUT2D eigenvalue weighted by Gasteiger charge is 2.14. The number of nitrogens with zero attached hydrogens (tertiary/aromatic N) is 3. The lowest BCUT2D eigenvalue weighted by Crippen LogP contribution is -2.03. The number of ether oxygens (including phenoxy) is 1. The minimum Gasteiger partial charge on any atom is -0.507 e. The van der Waals surface area contributed by atoms with Crippen LogP contribution in [0.25, 0.3) is 17.2 Å². The largest absolute Gasteiger partial charge is 0.507 e. The molecule has 250 valence electrons. The molecule has 0 spiro atoms. The van der Waals surface area contributed by atoms with E-state index in [2.05, 4.69) is 80.4 Å². The molecular formula is C40H57N3O3. The summed E-state index contributed by atoms with van der Waals surface area (Å²) in [5.74, 6) is 0.515. The standard InChI is InChI=1S/C22H23N3O2.C13H20O.C3H8.C2H6/c1-6-17(12-23-7-2)18-8-9-20(22(27)11-18)21(15(4)26)10-19-13-24-16(5)25-14(19)3;1-4-10-14-13(5-2)12-8-6-11(3)7-9-12;1-3-2;1-2/h6-13,27H,1H2,2-5H3;6-9,13H,4-5,10H2,1-3H3;3H2,1-2H3;1-2H3/b17-12+,21-10+,23-7?;;;. The molecule has 46 heavy (non-hydrogen) atoms. The number of rotatable bonds is 11. The van der Waals surface area contributed by atoms with E-state index in [1.165, 1.54) is 24.5 Å². The molecule has 0 aliphatic carbocycles. The zero-order valence-corrected chi connectivity index (χ0v) is 30.1. The van der Waals surface area contributed by atoms with Gasteiger partial charge in [-0.3, -0.25) is 9.79 Å². The molecule has 0 saturated heterocycles. The van der Waals surface area contributed by atoms with Gasteiger partial charge in [-0.25, -0.2) is 9.97 Å². The molecule has 0 aliphatic heterocycles. The Morgan fingerprint density at radius 2 is 1.67 bits per heavy atom. The fourth-order valence-electron chi connectivity index (χ4n) is 4.09. The van der Waals surface area contributed by atoms with Gasteiger partial charge in [0.2, 0.25) is 0 Å². The van der Waals surface area contributed by atoms with Crippen LogP contribution in [0.5, 0.6) is 5.75 Å². The van der Waals surface area contributed by atoms with Crippen molar-refractivity contribution in [3.63, 3.8) is 0 Å². The third-order valence-corrected chi connectivity index (χ3v) is 6.36. The number of aromatic nitrogens is 2. The van der Waals surface area contributed by atoms with Crippen molar-refractivity contribution < 1.29 is 14.6 Å². The van der Waals surface area contributed by atoms with Gasteiger partial charge >= 0.3 is 0 Å². The lowest BCUT2D eigenvalue weighted by atomic mass is 9.96. The van der Waals surface area contributed by atoms with Gasteiger partial charge < -0.3 is 9.84 Å². The zero-order chi connectivity index (χ0) is 35.1. The van der Waals surface area contributed by atoms with E-state index in [0.29, 0.717) is 17.0 Å². The number of phenols is 1. The number of aliphatic imine (C=N–C) groups is 1. The lowest BCUT2D eigenvalue weighted by Gasteiger charge is -2.16. The van der Waals surface area contributed by atoms with E-state index >= 15 is 0 Å². The van der Waals surface area contributed by atoms with Crippen LogP contribution < -0.4 is 0 Å². The van der Waals surface area contributed by atoms with Crippen molar-refractivity contribution >= 4 is 29.2 Å². The van der Waals surface area contributed by atoms with Crippen molar-refractivity contribution in [2.75, 3.05) is 6.61 Å². The highest BCUT2D eigenvalue weighted by atomic mass is 16.5. The summed E-state index contributed by atoms with van der Waals surface area (Å²) in [6.07, 6.45) is 12.0. The summed E-state index contributed by atoms with van der Waals surface area (Å²) in [6.45, 7) is 26.2. The van der Waals surface area contributed by atoms with E-state index < -0.39 is 0 Å². The molecule has 0 fully saturated rings. The molecule has 3 rings (SSSR count). The number of hydrogen-bond acceptors (Lipinski definition) is 6. The highest BCUT2D eigenvalue weighted by molar-refractivity contribution is 6.25. The number of carbonyl (C=O) groups is 1. The number of phenolic OH excluding ortho intramolecular Hbond substituents is 1. The molecule has 1 unspecified atom stereocenters. The van der Waals surface area contributed by atoms with E-state index in [0.717, 1.165) is 41.8 Å². The van der Waals surface area contributed by atoms with Gasteiger partial charge in [0.1, 0.15) is 11.6 Å². The molecule has 1 heterocycles. The van der Waals surface area contributed by atoms with Gasteiger partial charge in [-0.2, -0.15) is 0 Å². The molecular weight excluding hydrogens is 570 g/mol. The number of benzene rings is 2. The smallest absolute Gasteiger partial charge is 0.160 e. The minimum atomic E-state index is -0.159. The first-order valence-electron chi connectivity index (χ1n) is 16.4. The van der Waals surface area contributed by atoms with Gasteiger partial charge in [-0.1, -0.05) is 96.5 Å². The maximum Gasteiger partial charge on any atom is 0.160 e. The maximum atomic E-state index is 12.2. The minimum absolute atomic E-state index is 0.00728. The van der Waals surface area contributed by atoms with Gasteiger partial charge in [0.05, 0.1) is 6.10 Å². The molecule has 0 amide bonds. The molecule has 1 atom stereocenters. The molecule has 1 aromatic heterocycles. The van der Waals surface area contributed by atoms with Gasteiger partial charge in [0.25, 0.3) is 0 Å². The third kappa shape index (κ3) is 14.7. The Hall–Kier alpha value is -4.16. The summed E-state index contributed by atoms with van der Waals surface area (Å²) in [7, 11) is 0. The quantitative estimate of drug-likeness (QED) is 0.130. The van der Waals surface area contributed by atoms with Crippen LogP contribution in [0.3, 0.4) is 0 Å². The number of carbonyl (C=O) groups excluding carboxylic acids is 1. The van der Waals surface area contributed by atoms with Crippen LogP contribution in [0.4, 0.5) is 0 Å². The summed E-state index contributed by atoms with van der Waals surface area (Å²) >= 11 is 0. The first-order valence-corrected chi connectivity index (χ1v) is 16.4. The van der Waals surface area contributed by atoms with Gasteiger partial charge in [-0.15, -0.1) is 0 Å². The Morgan fingerprint density at radius 1 is 1.04 bits per heavy atom. The van der Waals surface area contributed by atoms with Crippen molar-refractivity contribution in [2.45, 2.75) is 102 Å². The fraction of sp³-hybridized carbons (Fsp3) is 0.400. The van der Waals surface area contributed by atoms with Crippen LogP contribution in [0, 0.1) is 20.8 Å². The first kappa shape index (κ1) is 41.8. The number of hydrogen-bond donors (Lipinski definition) is 1. The predicted molar refractivity (Wildman–Crippen MR) is 198 cm³/mol. The molecule has 0 bridgehead atoms. The van der Waals surface area contributed by atoms with Crippen LogP contribution >= 0.6 is 0 Å². The average Bonchev–Trinajstić information content (AvgIpc) is 3.04. The summed E-state index contributed by atoms with van der Waals surface area (Å²) < 4.78 is 5.77. The van der Waals surface area contributed by atoms with Crippen LogP contribution in [-0.2, 0) is 9.53 Å². The van der Waals surface area contributed by atoms with Crippen molar-refractivity contribution in [1.82, 2.24) is 9.97 Å².